The van der Waals surface area contributed by atoms with Crippen molar-refractivity contribution in [1.29, 1.82) is 5.26 Å². The number of hydrogen-bond donors (Lipinski definition) is 2. The van der Waals surface area contributed by atoms with Gasteiger partial charge in [-0.2, -0.15) is 20.2 Å². The first-order valence-corrected chi connectivity index (χ1v) is 8.23. The molecule has 0 aliphatic rings. The fraction of sp³-hybridized carbons (Fsp3) is 0.105. The Hall–Kier alpha value is -4.19. The monoisotopic (exact) mass is 376 g/mol. The molecule has 0 fully saturated rings. The van der Waals surface area contributed by atoms with E-state index in [2.05, 4.69) is 20.3 Å². The van der Waals surface area contributed by atoms with E-state index in [1.165, 1.54) is 0 Å². The van der Waals surface area contributed by atoms with Gasteiger partial charge in [0, 0.05) is 5.69 Å². The summed E-state index contributed by atoms with van der Waals surface area (Å²) in [7, 11) is 0. The highest BCUT2D eigenvalue weighted by Crippen LogP contribution is 2.13. The highest BCUT2D eigenvalue weighted by Gasteiger charge is 2.09. The lowest BCUT2D eigenvalue weighted by Gasteiger charge is -2.09. The number of carbonyl (C=O) groups is 1. The average Bonchev–Trinajstić information content (AvgIpc) is 2.71. The molecule has 0 spiro atoms. The molecule has 0 aliphatic carbocycles. The van der Waals surface area contributed by atoms with Crippen molar-refractivity contribution in [1.82, 2.24) is 15.0 Å². The zero-order valence-corrected chi connectivity index (χ0v) is 14.7. The number of esters is 1. The molecule has 0 amide bonds. The van der Waals surface area contributed by atoms with Crippen LogP contribution in [0.3, 0.4) is 0 Å². The number of nitrogens with one attached hydrogen (secondary N) is 1. The van der Waals surface area contributed by atoms with E-state index in [9.17, 15) is 4.79 Å². The van der Waals surface area contributed by atoms with Crippen molar-refractivity contribution in [2.24, 2.45) is 0 Å². The van der Waals surface area contributed by atoms with Crippen molar-refractivity contribution < 1.29 is 14.3 Å². The predicted molar refractivity (Wildman–Crippen MR) is 100 cm³/mol. The summed E-state index contributed by atoms with van der Waals surface area (Å²) in [6, 6.07) is 17.7. The van der Waals surface area contributed by atoms with Gasteiger partial charge in [-0.1, -0.05) is 18.2 Å². The molecule has 3 rings (SSSR count). The Morgan fingerprint density at radius 1 is 1.07 bits per heavy atom. The quantitative estimate of drug-likeness (QED) is 0.594. The molecule has 0 unspecified atom stereocenters. The molecule has 3 aromatic rings. The topological polar surface area (TPSA) is 136 Å². The van der Waals surface area contributed by atoms with Crippen molar-refractivity contribution in [2.75, 3.05) is 17.7 Å². The molecular formula is C19H16N6O3. The first-order valence-electron chi connectivity index (χ1n) is 8.23. The lowest BCUT2D eigenvalue weighted by atomic mass is 10.2. The zero-order chi connectivity index (χ0) is 19.8. The van der Waals surface area contributed by atoms with Crippen LogP contribution in [0.15, 0.2) is 54.6 Å². The number of aromatic nitrogens is 3. The average molecular weight is 376 g/mol. The Morgan fingerprint density at radius 2 is 1.82 bits per heavy atom. The van der Waals surface area contributed by atoms with E-state index < -0.39 is 5.97 Å². The van der Waals surface area contributed by atoms with Gasteiger partial charge in [0.2, 0.25) is 11.9 Å². The van der Waals surface area contributed by atoms with Gasteiger partial charge >= 0.3 is 5.97 Å². The smallest absolute Gasteiger partial charge is 0.344 e. The van der Waals surface area contributed by atoms with Crippen molar-refractivity contribution in [3.63, 3.8) is 0 Å². The van der Waals surface area contributed by atoms with Gasteiger partial charge in [-0.3, -0.25) is 0 Å². The van der Waals surface area contributed by atoms with Crippen LogP contribution in [0.2, 0.25) is 0 Å². The molecule has 3 N–H and O–H groups in total. The second-order valence-electron chi connectivity index (χ2n) is 5.51. The molecule has 9 heteroatoms. The summed E-state index contributed by atoms with van der Waals surface area (Å²) in [5, 5.41) is 11.8. The van der Waals surface area contributed by atoms with Crippen LogP contribution < -0.4 is 15.8 Å². The molecule has 2 aromatic carbocycles. The molecule has 0 bridgehead atoms. The Balaban J connectivity index is 1.53. The second kappa shape index (κ2) is 8.95. The normalized spacial score (nSPS) is 9.96. The number of ether oxygens (including phenoxy) is 2. The molecule has 1 aromatic heterocycles. The molecular weight excluding hydrogens is 360 g/mol. The Labute approximate surface area is 160 Å². The summed E-state index contributed by atoms with van der Waals surface area (Å²) in [6.45, 7) is -0.465. The van der Waals surface area contributed by atoms with Crippen LogP contribution in [-0.4, -0.2) is 27.5 Å². The van der Waals surface area contributed by atoms with Gasteiger partial charge in [0.15, 0.2) is 19.0 Å². The van der Waals surface area contributed by atoms with Gasteiger partial charge in [-0.25, -0.2) is 4.79 Å². The maximum atomic E-state index is 11.9. The molecule has 140 valence electrons. The number of nitriles is 1. The maximum Gasteiger partial charge on any atom is 0.344 e. The van der Waals surface area contributed by atoms with E-state index in [0.29, 0.717) is 11.3 Å². The van der Waals surface area contributed by atoms with E-state index in [1.807, 2.05) is 36.4 Å². The number of rotatable bonds is 7. The number of anilines is 3. The Morgan fingerprint density at radius 3 is 2.54 bits per heavy atom. The number of nitrogens with zero attached hydrogens (tertiary/aromatic N) is 4. The minimum atomic E-state index is -0.596. The number of para-hydroxylation sites is 1. The van der Waals surface area contributed by atoms with Crippen LogP contribution in [0.5, 0.6) is 5.75 Å². The molecule has 0 aliphatic heterocycles. The second-order valence-corrected chi connectivity index (χ2v) is 5.51. The third-order valence-electron chi connectivity index (χ3n) is 3.43. The number of nitrogen functional groups attached to an aromatic ring is 1. The van der Waals surface area contributed by atoms with E-state index in [1.54, 1.807) is 24.3 Å². The first kappa shape index (κ1) is 18.6. The Kier molecular flexibility index (Phi) is 5.95. The number of hydrogen-bond acceptors (Lipinski definition) is 9. The lowest BCUT2D eigenvalue weighted by molar-refractivity contribution is -0.147. The molecule has 9 nitrogen and oxygen atoms in total. The molecule has 0 radical (unpaired) electrons. The first-order chi connectivity index (χ1) is 13.6. The molecule has 0 saturated heterocycles. The van der Waals surface area contributed by atoms with Crippen LogP contribution in [-0.2, 0) is 16.1 Å². The standard InChI is InChI=1S/C19H16N6O3/c20-10-13-6-8-15(9-7-13)27-12-17(26)28-11-16-23-18(21)25-19(24-16)22-14-4-2-1-3-5-14/h1-9H,11-12H2,(H3,21,22,23,24,25). The van der Waals surface area contributed by atoms with Crippen LogP contribution in [0.1, 0.15) is 11.4 Å². The predicted octanol–water partition coefficient (Wildman–Crippen LogP) is 2.19. The van der Waals surface area contributed by atoms with Crippen LogP contribution in [0.25, 0.3) is 0 Å². The van der Waals surface area contributed by atoms with E-state index in [4.69, 9.17) is 20.5 Å². The molecule has 0 saturated carbocycles. The van der Waals surface area contributed by atoms with Gasteiger partial charge in [-0.05, 0) is 36.4 Å². The van der Waals surface area contributed by atoms with Crippen molar-refractivity contribution >= 4 is 23.6 Å². The highest BCUT2D eigenvalue weighted by molar-refractivity contribution is 5.71. The van der Waals surface area contributed by atoms with Gasteiger partial charge in [0.25, 0.3) is 0 Å². The SMILES string of the molecule is N#Cc1ccc(OCC(=O)OCc2nc(N)nc(Nc3ccccc3)n2)cc1. The number of carbonyl (C=O) groups excluding carboxylic acids is 1. The third-order valence-corrected chi connectivity index (χ3v) is 3.43. The maximum absolute atomic E-state index is 11.9. The minimum Gasteiger partial charge on any atom is -0.482 e. The largest absolute Gasteiger partial charge is 0.482 e. The molecule has 0 atom stereocenters. The lowest BCUT2D eigenvalue weighted by Crippen LogP contribution is -2.16. The molecule has 1 heterocycles. The summed E-state index contributed by atoms with van der Waals surface area (Å²) in [4.78, 5) is 24.0. The summed E-state index contributed by atoms with van der Waals surface area (Å²) in [6.07, 6.45) is 0. The summed E-state index contributed by atoms with van der Waals surface area (Å²) in [5.74, 6) is 0.320. The summed E-state index contributed by atoms with van der Waals surface area (Å²) in [5.41, 5.74) is 6.97. The number of nitrogens with two attached hydrogens (primary N) is 1. The van der Waals surface area contributed by atoms with E-state index >= 15 is 0 Å². The highest BCUT2D eigenvalue weighted by atomic mass is 16.6. The van der Waals surface area contributed by atoms with Crippen molar-refractivity contribution in [3.8, 4) is 11.8 Å². The van der Waals surface area contributed by atoms with Crippen LogP contribution >= 0.6 is 0 Å². The van der Waals surface area contributed by atoms with Gasteiger partial charge in [0.1, 0.15) is 5.75 Å². The zero-order valence-electron chi connectivity index (χ0n) is 14.7. The Bertz CT molecular complexity index is 987. The van der Waals surface area contributed by atoms with Gasteiger partial charge in [-0.15, -0.1) is 0 Å². The van der Waals surface area contributed by atoms with Gasteiger partial charge in [0.05, 0.1) is 11.6 Å². The van der Waals surface area contributed by atoms with E-state index in [0.717, 1.165) is 5.69 Å². The van der Waals surface area contributed by atoms with Crippen molar-refractivity contribution in [2.45, 2.75) is 6.61 Å². The van der Waals surface area contributed by atoms with Crippen molar-refractivity contribution in [3.05, 3.63) is 66.0 Å². The fourth-order valence-electron chi connectivity index (χ4n) is 2.16. The van der Waals surface area contributed by atoms with E-state index in [-0.39, 0.29) is 30.9 Å². The summed E-state index contributed by atoms with van der Waals surface area (Å²) >= 11 is 0. The third kappa shape index (κ3) is 5.40. The van der Waals surface area contributed by atoms with Crippen LogP contribution in [0.4, 0.5) is 17.6 Å². The fourth-order valence-corrected chi connectivity index (χ4v) is 2.16. The number of benzene rings is 2. The van der Waals surface area contributed by atoms with Gasteiger partial charge < -0.3 is 20.5 Å². The van der Waals surface area contributed by atoms with Crippen LogP contribution in [0, 0.1) is 11.3 Å². The molecule has 28 heavy (non-hydrogen) atoms. The summed E-state index contributed by atoms with van der Waals surface area (Å²) < 4.78 is 10.4. The minimum absolute atomic E-state index is 0.00770.